The second-order valence-electron chi connectivity index (χ2n) is 8.02. The van der Waals surface area contributed by atoms with Crippen molar-refractivity contribution < 1.29 is 21.6 Å². The van der Waals surface area contributed by atoms with E-state index in [2.05, 4.69) is 0 Å². The van der Waals surface area contributed by atoms with Crippen LogP contribution in [0.25, 0.3) is 0 Å². The zero-order chi connectivity index (χ0) is 23.5. The topological polar surface area (TPSA) is 91.8 Å². The minimum Gasteiger partial charge on any atom is -0.288 e. The Morgan fingerprint density at radius 2 is 1.19 bits per heavy atom. The number of thioether (sulfide) groups is 1. The largest absolute Gasteiger partial charge is 0.288 e. The first-order chi connectivity index (χ1) is 15.0. The molecule has 7 nitrogen and oxygen atoms in total. The molecule has 2 aromatic carbocycles. The van der Waals surface area contributed by atoms with Crippen LogP contribution in [0.4, 0.5) is 0 Å². The molecular weight excluding hydrogens is 468 g/mol. The fourth-order valence-corrected chi connectivity index (χ4v) is 7.23. The number of aryl methyl sites for hydroxylation is 2. The molecule has 10 heteroatoms. The lowest BCUT2D eigenvalue weighted by atomic mass is 10.2. The molecule has 32 heavy (non-hydrogen) atoms. The molecule has 3 rings (SSSR count). The summed E-state index contributed by atoms with van der Waals surface area (Å²) in [6.45, 7) is 5.59. The molecule has 0 unspecified atom stereocenters. The summed E-state index contributed by atoms with van der Waals surface area (Å²) in [7, 11) is -7.59. The number of benzene rings is 2. The van der Waals surface area contributed by atoms with Gasteiger partial charge in [-0.2, -0.15) is 8.61 Å². The minimum absolute atomic E-state index is 0.0442. The smallest absolute Gasteiger partial charge is 0.243 e. The van der Waals surface area contributed by atoms with Gasteiger partial charge in [0.15, 0.2) is 5.12 Å². The Hall–Kier alpha value is -1.72. The van der Waals surface area contributed by atoms with Crippen molar-refractivity contribution in [3.05, 3.63) is 59.7 Å². The highest BCUT2D eigenvalue weighted by Gasteiger charge is 2.35. The van der Waals surface area contributed by atoms with E-state index < -0.39 is 20.0 Å². The molecule has 2 aromatic rings. The quantitative estimate of drug-likeness (QED) is 0.611. The third-order valence-electron chi connectivity index (χ3n) is 5.36. The summed E-state index contributed by atoms with van der Waals surface area (Å²) >= 11 is 1.09. The predicted octanol–water partition coefficient (Wildman–Crippen LogP) is 2.89. The Morgan fingerprint density at radius 1 is 0.812 bits per heavy atom. The molecule has 0 radical (unpaired) electrons. The lowest BCUT2D eigenvalue weighted by Gasteiger charge is -2.24. The SMILES string of the molecule is CC(=O)SCC1CN(S(=O)(=O)c2ccc(C)cc2)CCN(S(=O)(=O)c2ccc(C)cc2)C1. The van der Waals surface area contributed by atoms with Gasteiger partial charge in [-0.3, -0.25) is 4.79 Å². The van der Waals surface area contributed by atoms with E-state index in [0.717, 1.165) is 22.9 Å². The van der Waals surface area contributed by atoms with Gasteiger partial charge in [0.1, 0.15) is 0 Å². The molecule has 0 aliphatic carbocycles. The van der Waals surface area contributed by atoms with Crippen LogP contribution in [0.5, 0.6) is 0 Å². The van der Waals surface area contributed by atoms with Gasteiger partial charge >= 0.3 is 0 Å². The van der Waals surface area contributed by atoms with Crippen LogP contribution in [0.15, 0.2) is 58.3 Å². The van der Waals surface area contributed by atoms with Gasteiger partial charge in [0.25, 0.3) is 0 Å². The molecule has 0 spiro atoms. The molecule has 1 heterocycles. The van der Waals surface area contributed by atoms with Gasteiger partial charge in [0.05, 0.1) is 9.79 Å². The van der Waals surface area contributed by atoms with Crippen molar-refractivity contribution in [1.82, 2.24) is 8.61 Å². The van der Waals surface area contributed by atoms with E-state index in [9.17, 15) is 21.6 Å². The Bertz CT molecular complexity index is 1080. The van der Waals surface area contributed by atoms with E-state index in [1.807, 2.05) is 13.8 Å². The van der Waals surface area contributed by atoms with Crippen LogP contribution in [-0.4, -0.2) is 62.5 Å². The standard InChI is InChI=1S/C22H28N2O5S3/c1-17-4-8-21(9-5-17)31(26,27)23-12-13-24(15-20(14-23)16-30-19(3)25)32(28,29)22-10-6-18(2)7-11-22/h4-11,20H,12-16H2,1-3H3. The Labute approximate surface area is 194 Å². The van der Waals surface area contributed by atoms with Crippen molar-refractivity contribution in [2.75, 3.05) is 31.9 Å². The van der Waals surface area contributed by atoms with E-state index >= 15 is 0 Å². The third-order valence-corrected chi connectivity index (χ3v) is 10.2. The van der Waals surface area contributed by atoms with Crippen molar-refractivity contribution in [2.24, 2.45) is 5.92 Å². The number of hydrogen-bond donors (Lipinski definition) is 0. The lowest BCUT2D eigenvalue weighted by Crippen LogP contribution is -2.37. The summed E-state index contributed by atoms with van der Waals surface area (Å²) in [5.74, 6) is 0.0154. The van der Waals surface area contributed by atoms with Crippen LogP contribution in [0.3, 0.4) is 0 Å². The zero-order valence-corrected chi connectivity index (χ0v) is 20.8. The van der Waals surface area contributed by atoms with Gasteiger partial charge in [0.2, 0.25) is 20.0 Å². The maximum atomic E-state index is 13.3. The van der Waals surface area contributed by atoms with Gasteiger partial charge in [0, 0.05) is 38.9 Å². The molecule has 1 fully saturated rings. The van der Waals surface area contributed by atoms with E-state index in [1.54, 1.807) is 48.5 Å². The molecule has 174 valence electrons. The summed E-state index contributed by atoms with van der Waals surface area (Å²) in [5, 5.41) is -0.0878. The molecular formula is C22H28N2O5S3. The Balaban J connectivity index is 1.91. The van der Waals surface area contributed by atoms with Crippen molar-refractivity contribution in [3.8, 4) is 0 Å². The highest BCUT2D eigenvalue weighted by atomic mass is 32.2. The second-order valence-corrected chi connectivity index (χ2v) is 13.1. The monoisotopic (exact) mass is 496 g/mol. The van der Waals surface area contributed by atoms with E-state index in [-0.39, 0.29) is 47.0 Å². The van der Waals surface area contributed by atoms with Crippen molar-refractivity contribution in [2.45, 2.75) is 30.6 Å². The summed E-state index contributed by atoms with van der Waals surface area (Å²) in [5.41, 5.74) is 1.90. The fraction of sp³-hybridized carbons (Fsp3) is 0.409. The van der Waals surface area contributed by atoms with Crippen LogP contribution in [-0.2, 0) is 24.8 Å². The maximum Gasteiger partial charge on any atom is 0.243 e. The zero-order valence-electron chi connectivity index (χ0n) is 18.4. The van der Waals surface area contributed by atoms with Crippen molar-refractivity contribution >= 4 is 36.9 Å². The second kappa shape index (κ2) is 10.0. The lowest BCUT2D eigenvalue weighted by molar-refractivity contribution is -0.109. The van der Waals surface area contributed by atoms with Gasteiger partial charge < -0.3 is 0 Å². The number of carbonyl (C=O) groups is 1. The Morgan fingerprint density at radius 3 is 1.53 bits per heavy atom. The average Bonchev–Trinajstić information content (AvgIpc) is 2.97. The molecule has 0 atom stereocenters. The van der Waals surface area contributed by atoms with Crippen molar-refractivity contribution in [3.63, 3.8) is 0 Å². The maximum absolute atomic E-state index is 13.3. The van der Waals surface area contributed by atoms with Crippen molar-refractivity contribution in [1.29, 1.82) is 0 Å². The van der Waals surface area contributed by atoms with E-state index in [0.29, 0.717) is 5.75 Å². The van der Waals surface area contributed by atoms with Crippen LogP contribution in [0.2, 0.25) is 0 Å². The average molecular weight is 497 g/mol. The van der Waals surface area contributed by atoms with E-state index in [4.69, 9.17) is 0 Å². The Kier molecular flexibility index (Phi) is 7.82. The van der Waals surface area contributed by atoms with Gasteiger partial charge in [-0.05, 0) is 44.0 Å². The molecule has 0 aromatic heterocycles. The number of nitrogens with zero attached hydrogens (tertiary/aromatic N) is 2. The first-order valence-electron chi connectivity index (χ1n) is 10.3. The summed E-state index contributed by atoms with van der Waals surface area (Å²) in [6, 6.07) is 13.2. The summed E-state index contributed by atoms with van der Waals surface area (Å²) in [4.78, 5) is 11.9. The molecule has 1 aliphatic rings. The number of hydrogen-bond acceptors (Lipinski definition) is 6. The molecule has 0 amide bonds. The molecule has 1 aliphatic heterocycles. The molecule has 1 saturated heterocycles. The predicted molar refractivity (Wildman–Crippen MR) is 127 cm³/mol. The number of carbonyl (C=O) groups excluding carboxylic acids is 1. The third kappa shape index (κ3) is 5.79. The highest BCUT2D eigenvalue weighted by Crippen LogP contribution is 2.26. The number of rotatable bonds is 6. The van der Waals surface area contributed by atoms with Crippen LogP contribution < -0.4 is 0 Å². The van der Waals surface area contributed by atoms with Crippen LogP contribution in [0, 0.1) is 19.8 Å². The highest BCUT2D eigenvalue weighted by molar-refractivity contribution is 8.13. The summed E-state index contributed by atoms with van der Waals surface area (Å²) in [6.07, 6.45) is 0. The molecule has 0 bridgehead atoms. The van der Waals surface area contributed by atoms with Crippen LogP contribution >= 0.6 is 11.8 Å². The van der Waals surface area contributed by atoms with Crippen LogP contribution in [0.1, 0.15) is 18.1 Å². The van der Waals surface area contributed by atoms with E-state index in [1.165, 1.54) is 15.5 Å². The molecule has 0 saturated carbocycles. The van der Waals surface area contributed by atoms with Gasteiger partial charge in [-0.1, -0.05) is 47.2 Å². The van der Waals surface area contributed by atoms with Gasteiger partial charge in [-0.25, -0.2) is 16.8 Å². The summed E-state index contributed by atoms with van der Waals surface area (Å²) < 4.78 is 55.8. The first-order valence-corrected chi connectivity index (χ1v) is 14.1. The molecule has 0 N–H and O–H groups in total. The first kappa shape index (κ1) is 24.9. The normalized spacial score (nSPS) is 17.2. The number of sulfonamides is 2. The minimum atomic E-state index is -3.80. The fourth-order valence-electron chi connectivity index (χ4n) is 3.54. The van der Waals surface area contributed by atoms with Gasteiger partial charge in [-0.15, -0.1) is 0 Å².